The molecule has 0 aliphatic rings. The van der Waals surface area contributed by atoms with Gasteiger partial charge in [-0.05, 0) is 48.4 Å². The van der Waals surface area contributed by atoms with Gasteiger partial charge in [0, 0.05) is 17.6 Å². The molecule has 2 aromatic carbocycles. The molecule has 0 bridgehead atoms. The van der Waals surface area contributed by atoms with E-state index in [0.717, 1.165) is 11.9 Å². The third-order valence-electron chi connectivity index (χ3n) is 4.00. The second kappa shape index (κ2) is 6.06. The molecule has 0 saturated carbocycles. The second-order valence-corrected chi connectivity index (χ2v) is 5.25. The molecule has 2 heteroatoms. The van der Waals surface area contributed by atoms with Crippen molar-refractivity contribution in [2.75, 3.05) is 7.05 Å². The number of fused-ring (bicyclic) bond motifs is 1. The highest BCUT2D eigenvalue weighted by Crippen LogP contribution is 2.29. The van der Waals surface area contributed by atoms with Gasteiger partial charge < -0.3 is 5.32 Å². The maximum atomic E-state index is 4.44. The molecule has 0 fully saturated rings. The number of pyridine rings is 1. The summed E-state index contributed by atoms with van der Waals surface area (Å²) in [6.07, 6.45) is 2.92. The van der Waals surface area contributed by atoms with Crippen LogP contribution in [0.1, 0.15) is 24.9 Å². The number of hydrogen-bond donors (Lipinski definition) is 1. The van der Waals surface area contributed by atoms with Crippen molar-refractivity contribution in [3.63, 3.8) is 0 Å². The molecule has 1 aromatic heterocycles. The number of benzene rings is 2. The minimum Gasteiger partial charge on any atom is -0.313 e. The lowest BCUT2D eigenvalue weighted by Gasteiger charge is -2.16. The monoisotopic (exact) mass is 276 g/mol. The number of nitrogens with one attached hydrogen (secondary N) is 1. The van der Waals surface area contributed by atoms with Gasteiger partial charge in [0.1, 0.15) is 0 Å². The zero-order valence-corrected chi connectivity index (χ0v) is 12.5. The van der Waals surface area contributed by atoms with Crippen LogP contribution in [0.2, 0.25) is 0 Å². The van der Waals surface area contributed by atoms with Crippen molar-refractivity contribution in [3.8, 4) is 11.1 Å². The topological polar surface area (TPSA) is 24.9 Å². The first-order chi connectivity index (χ1) is 10.3. The molecule has 3 rings (SSSR count). The third-order valence-corrected chi connectivity index (χ3v) is 4.00. The summed E-state index contributed by atoms with van der Waals surface area (Å²) in [6, 6.07) is 19.6. The Morgan fingerprint density at radius 1 is 1.05 bits per heavy atom. The van der Waals surface area contributed by atoms with E-state index in [1.807, 2.05) is 19.3 Å². The lowest BCUT2D eigenvalue weighted by Crippen LogP contribution is -2.15. The highest BCUT2D eigenvalue weighted by atomic mass is 14.9. The second-order valence-electron chi connectivity index (χ2n) is 5.25. The minimum atomic E-state index is 0.401. The summed E-state index contributed by atoms with van der Waals surface area (Å²) in [7, 11) is 2.02. The Balaban J connectivity index is 2.13. The standard InChI is InChI=1S/C19H20N2/c1-3-18(20-2)15-8-4-7-14(13-15)16-9-5-11-19-17(16)10-6-12-21-19/h4-13,18,20H,3H2,1-2H3. The Kier molecular flexibility index (Phi) is 3.98. The van der Waals surface area contributed by atoms with Crippen LogP contribution in [0.5, 0.6) is 0 Å². The molecule has 0 aliphatic carbocycles. The first-order valence-corrected chi connectivity index (χ1v) is 7.45. The predicted octanol–water partition coefficient (Wildman–Crippen LogP) is 4.57. The average Bonchev–Trinajstić information content (AvgIpc) is 2.56. The van der Waals surface area contributed by atoms with Crippen LogP contribution in [0.4, 0.5) is 0 Å². The van der Waals surface area contributed by atoms with Crippen molar-refractivity contribution in [1.82, 2.24) is 10.3 Å². The Morgan fingerprint density at radius 3 is 2.71 bits per heavy atom. The van der Waals surface area contributed by atoms with E-state index in [1.54, 1.807) is 0 Å². The molecule has 0 saturated heterocycles. The predicted molar refractivity (Wildman–Crippen MR) is 89.3 cm³/mol. The van der Waals surface area contributed by atoms with E-state index in [4.69, 9.17) is 0 Å². The Labute approximate surface area is 125 Å². The van der Waals surface area contributed by atoms with E-state index >= 15 is 0 Å². The van der Waals surface area contributed by atoms with Crippen molar-refractivity contribution < 1.29 is 0 Å². The van der Waals surface area contributed by atoms with E-state index < -0.39 is 0 Å². The van der Waals surface area contributed by atoms with E-state index in [0.29, 0.717) is 6.04 Å². The van der Waals surface area contributed by atoms with Crippen LogP contribution >= 0.6 is 0 Å². The summed E-state index contributed by atoms with van der Waals surface area (Å²) in [5, 5.41) is 4.57. The van der Waals surface area contributed by atoms with Crippen LogP contribution in [0.3, 0.4) is 0 Å². The van der Waals surface area contributed by atoms with Crippen LogP contribution in [-0.4, -0.2) is 12.0 Å². The molecule has 3 aromatic rings. The van der Waals surface area contributed by atoms with Gasteiger partial charge in [-0.1, -0.05) is 43.3 Å². The fourth-order valence-electron chi connectivity index (χ4n) is 2.88. The zero-order valence-electron chi connectivity index (χ0n) is 12.5. The average molecular weight is 276 g/mol. The Bertz CT molecular complexity index is 740. The van der Waals surface area contributed by atoms with E-state index in [1.165, 1.54) is 22.1 Å². The zero-order chi connectivity index (χ0) is 14.7. The molecule has 1 N–H and O–H groups in total. The van der Waals surface area contributed by atoms with E-state index in [-0.39, 0.29) is 0 Å². The van der Waals surface area contributed by atoms with E-state index in [9.17, 15) is 0 Å². The number of rotatable bonds is 4. The number of hydrogen-bond acceptors (Lipinski definition) is 2. The first-order valence-electron chi connectivity index (χ1n) is 7.45. The molecule has 106 valence electrons. The number of nitrogens with zero attached hydrogens (tertiary/aromatic N) is 1. The highest BCUT2D eigenvalue weighted by molar-refractivity contribution is 5.94. The van der Waals surface area contributed by atoms with Gasteiger partial charge in [-0.2, -0.15) is 0 Å². The molecular weight excluding hydrogens is 256 g/mol. The molecule has 2 nitrogen and oxygen atoms in total. The largest absolute Gasteiger partial charge is 0.313 e. The Morgan fingerprint density at radius 2 is 1.90 bits per heavy atom. The first kappa shape index (κ1) is 13.8. The van der Waals surface area contributed by atoms with Gasteiger partial charge in [0.15, 0.2) is 0 Å². The maximum absolute atomic E-state index is 4.44. The Hall–Kier alpha value is -2.19. The molecular formula is C19H20N2. The fraction of sp³-hybridized carbons (Fsp3) is 0.211. The summed E-state index contributed by atoms with van der Waals surface area (Å²) in [4.78, 5) is 4.44. The lowest BCUT2D eigenvalue weighted by atomic mass is 9.96. The number of aromatic nitrogens is 1. The quantitative estimate of drug-likeness (QED) is 0.755. The normalized spacial score (nSPS) is 12.5. The molecule has 1 unspecified atom stereocenters. The van der Waals surface area contributed by atoms with Crippen molar-refractivity contribution in [2.45, 2.75) is 19.4 Å². The van der Waals surface area contributed by atoms with Crippen LogP contribution in [0.25, 0.3) is 22.0 Å². The molecule has 0 aliphatic heterocycles. The van der Waals surface area contributed by atoms with Gasteiger partial charge in [0.05, 0.1) is 5.52 Å². The molecule has 21 heavy (non-hydrogen) atoms. The summed E-state index contributed by atoms with van der Waals surface area (Å²) in [5.74, 6) is 0. The maximum Gasteiger partial charge on any atom is 0.0708 e. The fourth-order valence-corrected chi connectivity index (χ4v) is 2.88. The van der Waals surface area contributed by atoms with Gasteiger partial charge in [-0.3, -0.25) is 4.98 Å². The van der Waals surface area contributed by atoms with Crippen LogP contribution in [-0.2, 0) is 0 Å². The van der Waals surface area contributed by atoms with Crippen molar-refractivity contribution >= 4 is 10.9 Å². The SMILES string of the molecule is CCC(NC)c1cccc(-c2cccc3ncccc23)c1. The van der Waals surface area contributed by atoms with Crippen molar-refractivity contribution in [1.29, 1.82) is 0 Å². The minimum absolute atomic E-state index is 0.401. The summed E-state index contributed by atoms with van der Waals surface area (Å²) in [6.45, 7) is 2.20. The molecule has 1 heterocycles. The van der Waals surface area contributed by atoms with Gasteiger partial charge in [-0.25, -0.2) is 0 Å². The highest BCUT2D eigenvalue weighted by Gasteiger charge is 2.09. The van der Waals surface area contributed by atoms with Gasteiger partial charge in [0.2, 0.25) is 0 Å². The van der Waals surface area contributed by atoms with Crippen molar-refractivity contribution in [3.05, 3.63) is 66.4 Å². The van der Waals surface area contributed by atoms with Gasteiger partial charge in [0.25, 0.3) is 0 Å². The summed E-state index contributed by atoms with van der Waals surface area (Å²) in [5.41, 5.74) is 4.87. The van der Waals surface area contributed by atoms with Gasteiger partial charge >= 0.3 is 0 Å². The van der Waals surface area contributed by atoms with Crippen molar-refractivity contribution in [2.24, 2.45) is 0 Å². The van der Waals surface area contributed by atoms with E-state index in [2.05, 4.69) is 65.8 Å². The summed E-state index contributed by atoms with van der Waals surface area (Å²) >= 11 is 0. The van der Waals surface area contributed by atoms with Crippen LogP contribution in [0, 0.1) is 0 Å². The van der Waals surface area contributed by atoms with Crippen LogP contribution < -0.4 is 5.32 Å². The molecule has 1 atom stereocenters. The molecule has 0 amide bonds. The smallest absolute Gasteiger partial charge is 0.0708 e. The third kappa shape index (κ3) is 2.67. The molecule has 0 spiro atoms. The van der Waals surface area contributed by atoms with Crippen LogP contribution in [0.15, 0.2) is 60.8 Å². The molecule has 0 radical (unpaired) electrons. The summed E-state index contributed by atoms with van der Waals surface area (Å²) < 4.78 is 0. The lowest BCUT2D eigenvalue weighted by molar-refractivity contribution is 0.577. The van der Waals surface area contributed by atoms with Gasteiger partial charge in [-0.15, -0.1) is 0 Å².